The first-order valence-electron chi connectivity index (χ1n) is 19.7. The predicted molar refractivity (Wildman–Crippen MR) is 218 cm³/mol. The molecule has 15 heteroatoms. The number of benzene rings is 1. The summed E-state index contributed by atoms with van der Waals surface area (Å²) in [7, 11) is 3.48. The molecule has 2 aliphatic rings. The molecule has 0 saturated carbocycles. The molecule has 0 radical (unpaired) electrons. The number of rotatable bonds is 19. The Hall–Kier alpha value is -3.01. The van der Waals surface area contributed by atoms with E-state index < -0.39 is 56.1 Å². The summed E-state index contributed by atoms with van der Waals surface area (Å²) in [4.78, 5) is 31.7. The first-order chi connectivity index (χ1) is 25.9. The third kappa shape index (κ3) is 12.5. The maximum atomic E-state index is 13.6. The minimum absolute atomic E-state index is 0.0101. The van der Waals surface area contributed by atoms with Gasteiger partial charge >= 0.3 is 11.9 Å². The fourth-order valence-corrected chi connectivity index (χ4v) is 8.14. The van der Waals surface area contributed by atoms with E-state index in [-0.39, 0.29) is 35.7 Å². The number of nitrogens with one attached hydrogen (secondary N) is 1. The lowest BCUT2D eigenvalue weighted by atomic mass is 9.80. The zero-order chi connectivity index (χ0) is 42.2. The maximum Gasteiger partial charge on any atom is 0.340 e. The highest BCUT2D eigenvalue weighted by molar-refractivity contribution is 6.74. The van der Waals surface area contributed by atoms with Gasteiger partial charge in [-0.25, -0.2) is 9.59 Å². The molecular weight excluding hydrogens is 735 g/mol. The summed E-state index contributed by atoms with van der Waals surface area (Å²) in [5, 5.41) is 7.48. The molecule has 0 amide bonds. The molecule has 14 nitrogen and oxygen atoms in total. The van der Waals surface area contributed by atoms with E-state index in [1.807, 2.05) is 45.8 Å². The third-order valence-corrected chi connectivity index (χ3v) is 15.9. The third-order valence-electron chi connectivity index (χ3n) is 11.4. The molecule has 1 fully saturated rings. The van der Waals surface area contributed by atoms with Crippen molar-refractivity contribution in [2.45, 2.75) is 148 Å². The average molecular weight is 804 g/mol. The summed E-state index contributed by atoms with van der Waals surface area (Å²) in [6.45, 7) is 25.2. The second kappa shape index (κ2) is 19.6. The normalized spacial score (nSPS) is 24.9. The van der Waals surface area contributed by atoms with Crippen LogP contribution < -0.4 is 5.32 Å². The smallest absolute Gasteiger partial charge is 0.340 e. The Morgan fingerprint density at radius 2 is 1.79 bits per heavy atom. The van der Waals surface area contributed by atoms with Gasteiger partial charge in [-0.2, -0.15) is 0 Å². The molecule has 0 aliphatic carbocycles. The molecule has 1 N–H and O–H groups in total. The molecule has 2 heterocycles. The van der Waals surface area contributed by atoms with Gasteiger partial charge < -0.3 is 43.1 Å². The quantitative estimate of drug-likeness (QED) is 0.0482. The number of carbonyl (C=O) groups excluding carboxylic acids is 2. The van der Waals surface area contributed by atoms with E-state index in [9.17, 15) is 9.59 Å². The van der Waals surface area contributed by atoms with Crippen molar-refractivity contribution >= 4 is 20.3 Å². The lowest BCUT2D eigenvalue weighted by Gasteiger charge is -2.48. The van der Waals surface area contributed by atoms with E-state index >= 15 is 0 Å². The molecule has 2 aliphatic heterocycles. The van der Waals surface area contributed by atoms with Crippen LogP contribution in [0, 0.1) is 11.8 Å². The van der Waals surface area contributed by atoms with E-state index in [1.165, 1.54) is 0 Å². The molecule has 0 spiro atoms. The van der Waals surface area contributed by atoms with Crippen LogP contribution in [0.3, 0.4) is 0 Å². The Bertz CT molecular complexity index is 1550. The number of methoxy groups -OCH3 is 1. The van der Waals surface area contributed by atoms with Crippen LogP contribution in [-0.4, -0.2) is 114 Å². The Labute approximate surface area is 336 Å². The molecule has 1 saturated heterocycles. The highest BCUT2D eigenvalue weighted by atomic mass is 28.4. The lowest BCUT2D eigenvalue weighted by Crippen LogP contribution is -2.59. The van der Waals surface area contributed by atoms with Crippen LogP contribution in [0.2, 0.25) is 18.1 Å². The van der Waals surface area contributed by atoms with Gasteiger partial charge in [0.05, 0.1) is 35.0 Å². The zero-order valence-corrected chi connectivity index (χ0v) is 37.5. The van der Waals surface area contributed by atoms with Crippen molar-refractivity contribution < 1.29 is 42.4 Å². The van der Waals surface area contributed by atoms with E-state index in [1.54, 1.807) is 52.1 Å². The van der Waals surface area contributed by atoms with Crippen molar-refractivity contribution in [3.63, 3.8) is 0 Å². The largest absolute Gasteiger partial charge is 0.456 e. The second-order valence-electron chi connectivity index (χ2n) is 18.0. The van der Waals surface area contributed by atoms with Gasteiger partial charge in [0.15, 0.2) is 20.7 Å². The van der Waals surface area contributed by atoms with Gasteiger partial charge in [-0.1, -0.05) is 57.9 Å². The lowest BCUT2D eigenvalue weighted by molar-refractivity contribution is -0.298. The van der Waals surface area contributed by atoms with E-state index in [0.29, 0.717) is 42.9 Å². The van der Waals surface area contributed by atoms with Gasteiger partial charge in [0.2, 0.25) is 5.79 Å². The Kier molecular flexibility index (Phi) is 16.6. The molecule has 3 rings (SSSR count). The highest BCUT2D eigenvalue weighted by Crippen LogP contribution is 2.41. The number of likely N-dealkylation sites (N-methyl/N-ethyl adjacent to an activating group) is 1. The van der Waals surface area contributed by atoms with Crippen LogP contribution >= 0.6 is 0 Å². The number of carbonyl (C=O) groups is 2. The summed E-state index contributed by atoms with van der Waals surface area (Å²) in [6.07, 6.45) is -1.72. The monoisotopic (exact) mass is 803 g/mol. The SMILES string of the molecule is COC(C)(CC(C)CNC(CN=[N+]=[N-])CO[Si](C)(C)C(C)(C)C)C(O[C@@H]1O[C@H](C)C[C@H](N(C)C)[C@H]1OC(=O)c1ccccc1)C(C)C1=C(C)C(=O)OC(C)(C)O1. The number of azide groups is 1. The number of nitrogens with zero attached hydrogens (tertiary/aromatic N) is 4. The topological polar surface area (TPSA) is 163 Å². The van der Waals surface area contributed by atoms with E-state index in [0.717, 1.165) is 0 Å². The molecule has 56 heavy (non-hydrogen) atoms. The Morgan fingerprint density at radius 3 is 2.36 bits per heavy atom. The fourth-order valence-electron chi connectivity index (χ4n) is 7.09. The number of cyclic esters (lactones) is 1. The first kappa shape index (κ1) is 47.4. The number of ether oxygens (including phenoxy) is 6. The van der Waals surface area contributed by atoms with Gasteiger partial charge in [0.1, 0.15) is 5.76 Å². The summed E-state index contributed by atoms with van der Waals surface area (Å²) >= 11 is 0. The summed E-state index contributed by atoms with van der Waals surface area (Å²) in [5.74, 6) is -2.29. The molecule has 5 unspecified atom stereocenters. The van der Waals surface area contributed by atoms with E-state index in [4.69, 9.17) is 38.4 Å². The molecule has 1 aromatic rings. The van der Waals surface area contributed by atoms with Crippen LogP contribution in [0.5, 0.6) is 0 Å². The number of hydrogen-bond acceptors (Lipinski definition) is 12. The summed E-state index contributed by atoms with van der Waals surface area (Å²) < 4.78 is 44.7. The predicted octanol–water partition coefficient (Wildman–Crippen LogP) is 7.60. The average Bonchev–Trinajstić information content (AvgIpc) is 3.11. The minimum atomic E-state index is -2.05. The molecule has 0 bridgehead atoms. The molecular formula is C41H69N5O9Si. The van der Waals surface area contributed by atoms with Crippen molar-refractivity contribution in [3.05, 3.63) is 57.7 Å². The van der Waals surface area contributed by atoms with Crippen LogP contribution in [0.15, 0.2) is 46.8 Å². The Morgan fingerprint density at radius 1 is 1.14 bits per heavy atom. The molecule has 316 valence electrons. The van der Waals surface area contributed by atoms with Crippen LogP contribution in [0.4, 0.5) is 0 Å². The van der Waals surface area contributed by atoms with Crippen LogP contribution in [-0.2, 0) is 37.6 Å². The maximum absolute atomic E-state index is 13.6. The fraction of sp³-hybridized carbons (Fsp3) is 0.756. The highest BCUT2D eigenvalue weighted by Gasteiger charge is 2.50. The standard InChI is InChI=1S/C41H69N5O9Si/c1-26(23-43-31(24-44-45-42)25-50-56(14,15)39(5,6)7)22-41(10,49-13)35(28(3)33-29(4)36(47)55-40(8,9)54-33)53-38-34(32(46(11)12)21-27(2)51-38)52-37(48)30-19-17-16-18-20-30/h16-20,26-28,31-32,34-35,38,43H,21-25H2,1-15H3/t26?,27-,28?,31?,32+,34-,35?,38+,41?/m1/s1. The minimum Gasteiger partial charge on any atom is -0.456 e. The van der Waals surface area contributed by atoms with Crippen LogP contribution in [0.25, 0.3) is 10.4 Å². The van der Waals surface area contributed by atoms with Crippen molar-refractivity contribution in [2.75, 3.05) is 40.9 Å². The summed E-state index contributed by atoms with van der Waals surface area (Å²) in [5.41, 5.74) is 8.88. The Balaban J connectivity index is 2.01. The number of hydrogen-bond donors (Lipinski definition) is 1. The van der Waals surface area contributed by atoms with Crippen molar-refractivity contribution in [1.82, 2.24) is 10.2 Å². The van der Waals surface area contributed by atoms with E-state index in [2.05, 4.69) is 56.1 Å². The molecule has 1 aromatic carbocycles. The second-order valence-corrected chi connectivity index (χ2v) is 22.8. The van der Waals surface area contributed by atoms with Crippen molar-refractivity contribution in [1.29, 1.82) is 0 Å². The van der Waals surface area contributed by atoms with Crippen LogP contribution in [0.1, 0.15) is 92.4 Å². The van der Waals surface area contributed by atoms with Crippen molar-refractivity contribution in [2.24, 2.45) is 17.0 Å². The first-order valence-corrected chi connectivity index (χ1v) is 22.7. The summed E-state index contributed by atoms with van der Waals surface area (Å²) in [6, 6.07) is 8.42. The van der Waals surface area contributed by atoms with Crippen molar-refractivity contribution in [3.8, 4) is 0 Å². The van der Waals surface area contributed by atoms with Gasteiger partial charge in [-0.05, 0) is 96.0 Å². The molecule has 0 aromatic heterocycles. The molecule has 9 atom stereocenters. The zero-order valence-electron chi connectivity index (χ0n) is 36.5. The van der Waals surface area contributed by atoms with Gasteiger partial charge in [-0.3, -0.25) is 0 Å². The number of esters is 2. The van der Waals surface area contributed by atoms with Gasteiger partial charge in [0, 0.05) is 51.0 Å². The van der Waals surface area contributed by atoms with Gasteiger partial charge in [-0.15, -0.1) is 0 Å². The van der Waals surface area contributed by atoms with Gasteiger partial charge in [0.25, 0.3) is 0 Å².